The summed E-state index contributed by atoms with van der Waals surface area (Å²) in [5, 5.41) is 11.1. The number of carbonyl (C=O) groups is 1. The smallest absolute Gasteiger partial charge is 0.311 e. The van der Waals surface area contributed by atoms with Gasteiger partial charge in [-0.15, -0.1) is 0 Å². The molecule has 2 aromatic rings. The third-order valence-electron chi connectivity index (χ3n) is 3.28. The Morgan fingerprint density at radius 3 is 2.62 bits per heavy atom. The van der Waals surface area contributed by atoms with E-state index in [2.05, 4.69) is 15.9 Å². The van der Waals surface area contributed by atoms with Gasteiger partial charge in [0.2, 0.25) is 0 Å². The molecule has 0 saturated heterocycles. The minimum Gasteiger partial charge on any atom is -0.487 e. The van der Waals surface area contributed by atoms with E-state index in [4.69, 9.17) is 4.74 Å². The third kappa shape index (κ3) is 3.70. The molecule has 0 radical (unpaired) electrons. The zero-order valence-electron chi connectivity index (χ0n) is 13.0. The lowest BCUT2D eigenvalue weighted by atomic mass is 10.1. The van der Waals surface area contributed by atoms with Gasteiger partial charge in [-0.3, -0.25) is 14.9 Å². The Hall–Kier alpha value is -2.48. The molecule has 0 heterocycles. The predicted molar refractivity (Wildman–Crippen MR) is 91.1 cm³/mol. The lowest BCUT2D eigenvalue weighted by molar-refractivity contribution is -0.385. The second-order valence-corrected chi connectivity index (χ2v) is 5.75. The number of nitro benzene ring substituents is 1. The largest absolute Gasteiger partial charge is 0.487 e. The molecule has 126 valence electrons. The Morgan fingerprint density at radius 1 is 1.33 bits per heavy atom. The van der Waals surface area contributed by atoms with Gasteiger partial charge >= 0.3 is 5.69 Å². The van der Waals surface area contributed by atoms with Crippen molar-refractivity contribution in [2.75, 3.05) is 18.6 Å². The van der Waals surface area contributed by atoms with Gasteiger partial charge in [0, 0.05) is 23.2 Å². The standard InChI is InChI=1S/C16H14BrFN2O4/c1-3-24-15-7-4-10(8-14(15)20(22)23)16(21)19(2)13-6-5-11(17)9-12(13)18/h4-9H,3H2,1-2H3. The molecule has 0 aliphatic rings. The van der Waals surface area contributed by atoms with E-state index in [-0.39, 0.29) is 29.3 Å². The van der Waals surface area contributed by atoms with Gasteiger partial charge in [-0.25, -0.2) is 4.39 Å². The van der Waals surface area contributed by atoms with Crippen molar-refractivity contribution in [1.82, 2.24) is 0 Å². The van der Waals surface area contributed by atoms with Crippen LogP contribution < -0.4 is 9.64 Å². The summed E-state index contributed by atoms with van der Waals surface area (Å²) in [4.78, 5) is 24.1. The molecule has 1 amide bonds. The number of halogens is 2. The van der Waals surface area contributed by atoms with Gasteiger partial charge in [-0.2, -0.15) is 0 Å². The normalized spacial score (nSPS) is 10.3. The van der Waals surface area contributed by atoms with Crippen molar-refractivity contribution < 1.29 is 18.8 Å². The van der Waals surface area contributed by atoms with E-state index in [1.54, 1.807) is 13.0 Å². The third-order valence-corrected chi connectivity index (χ3v) is 3.77. The first kappa shape index (κ1) is 17.9. The minimum atomic E-state index is -0.623. The highest BCUT2D eigenvalue weighted by Gasteiger charge is 2.22. The fourth-order valence-electron chi connectivity index (χ4n) is 2.13. The second kappa shape index (κ2) is 7.39. The Morgan fingerprint density at radius 2 is 2.04 bits per heavy atom. The first-order chi connectivity index (χ1) is 11.3. The number of rotatable bonds is 5. The van der Waals surface area contributed by atoms with Gasteiger partial charge < -0.3 is 9.64 Å². The number of benzene rings is 2. The summed E-state index contributed by atoms with van der Waals surface area (Å²) in [5.74, 6) is -1.07. The first-order valence-corrected chi connectivity index (χ1v) is 7.78. The van der Waals surface area contributed by atoms with Crippen molar-refractivity contribution in [3.63, 3.8) is 0 Å². The Balaban J connectivity index is 2.38. The van der Waals surface area contributed by atoms with E-state index in [0.717, 1.165) is 11.0 Å². The van der Waals surface area contributed by atoms with Crippen LogP contribution in [0.25, 0.3) is 0 Å². The molecule has 24 heavy (non-hydrogen) atoms. The summed E-state index contributed by atoms with van der Waals surface area (Å²) >= 11 is 3.14. The zero-order valence-corrected chi connectivity index (χ0v) is 14.5. The van der Waals surface area contributed by atoms with Gasteiger partial charge in [0.05, 0.1) is 17.2 Å². The minimum absolute atomic E-state index is 0.0648. The molecular formula is C16H14BrFN2O4. The van der Waals surface area contributed by atoms with Gasteiger partial charge in [0.15, 0.2) is 5.75 Å². The Bertz CT molecular complexity index is 798. The number of carbonyl (C=O) groups excluding carboxylic acids is 1. The molecule has 0 N–H and O–H groups in total. The van der Waals surface area contributed by atoms with E-state index in [9.17, 15) is 19.3 Å². The zero-order chi connectivity index (χ0) is 17.9. The van der Waals surface area contributed by atoms with Crippen molar-refractivity contribution in [2.24, 2.45) is 0 Å². The molecule has 0 bridgehead atoms. The van der Waals surface area contributed by atoms with E-state index in [0.29, 0.717) is 4.47 Å². The molecular weight excluding hydrogens is 383 g/mol. The van der Waals surface area contributed by atoms with Crippen molar-refractivity contribution in [3.8, 4) is 5.75 Å². The van der Waals surface area contributed by atoms with Crippen LogP contribution in [0.4, 0.5) is 15.8 Å². The molecule has 6 nitrogen and oxygen atoms in total. The molecule has 0 saturated carbocycles. The highest BCUT2D eigenvalue weighted by molar-refractivity contribution is 9.10. The average Bonchev–Trinajstić information content (AvgIpc) is 2.54. The van der Waals surface area contributed by atoms with Crippen LogP contribution >= 0.6 is 15.9 Å². The van der Waals surface area contributed by atoms with E-state index >= 15 is 0 Å². The summed E-state index contributed by atoms with van der Waals surface area (Å²) < 4.78 is 19.7. The monoisotopic (exact) mass is 396 g/mol. The van der Waals surface area contributed by atoms with Crippen molar-refractivity contribution in [1.29, 1.82) is 0 Å². The molecule has 0 aliphatic carbocycles. The van der Waals surface area contributed by atoms with Crippen LogP contribution in [0.2, 0.25) is 0 Å². The van der Waals surface area contributed by atoms with Crippen LogP contribution in [-0.2, 0) is 0 Å². The lowest BCUT2D eigenvalue weighted by Gasteiger charge is -2.18. The Labute approximate surface area is 146 Å². The van der Waals surface area contributed by atoms with Crippen LogP contribution in [-0.4, -0.2) is 24.5 Å². The molecule has 0 unspecified atom stereocenters. The number of anilines is 1. The maximum absolute atomic E-state index is 14.0. The maximum Gasteiger partial charge on any atom is 0.311 e. The van der Waals surface area contributed by atoms with E-state index in [1.807, 2.05) is 0 Å². The molecule has 0 aromatic heterocycles. The fourth-order valence-corrected chi connectivity index (χ4v) is 2.46. The SMILES string of the molecule is CCOc1ccc(C(=O)N(C)c2ccc(Br)cc2F)cc1[N+](=O)[O-]. The molecule has 8 heteroatoms. The van der Waals surface area contributed by atoms with Gasteiger partial charge in [-0.05, 0) is 37.3 Å². The highest BCUT2D eigenvalue weighted by atomic mass is 79.9. The van der Waals surface area contributed by atoms with Gasteiger partial charge in [0.25, 0.3) is 5.91 Å². The summed E-state index contributed by atoms with van der Waals surface area (Å²) in [6, 6.07) is 8.18. The number of hydrogen-bond acceptors (Lipinski definition) is 4. The summed E-state index contributed by atoms with van der Waals surface area (Å²) in [7, 11) is 1.40. The maximum atomic E-state index is 14.0. The van der Waals surface area contributed by atoms with Gasteiger partial charge in [-0.1, -0.05) is 15.9 Å². The molecule has 0 aliphatic heterocycles. The van der Waals surface area contributed by atoms with Crippen LogP contribution in [0.5, 0.6) is 5.75 Å². The fraction of sp³-hybridized carbons (Fsp3) is 0.188. The van der Waals surface area contributed by atoms with Crippen molar-refractivity contribution in [2.45, 2.75) is 6.92 Å². The predicted octanol–water partition coefficient (Wildman–Crippen LogP) is 4.17. The van der Waals surface area contributed by atoms with Crippen LogP contribution in [0.15, 0.2) is 40.9 Å². The Kier molecular flexibility index (Phi) is 5.50. The van der Waals surface area contributed by atoms with Crippen LogP contribution in [0, 0.1) is 15.9 Å². The van der Waals surface area contributed by atoms with Crippen molar-refractivity contribution in [3.05, 3.63) is 62.4 Å². The molecule has 0 spiro atoms. The summed E-state index contributed by atoms with van der Waals surface area (Å²) in [6.07, 6.45) is 0. The molecule has 0 atom stereocenters. The van der Waals surface area contributed by atoms with Gasteiger partial charge in [0.1, 0.15) is 5.82 Å². The number of nitrogens with zero attached hydrogens (tertiary/aromatic N) is 2. The number of hydrogen-bond donors (Lipinski definition) is 0. The lowest BCUT2D eigenvalue weighted by Crippen LogP contribution is -2.27. The number of nitro groups is 1. The molecule has 0 fully saturated rings. The highest BCUT2D eigenvalue weighted by Crippen LogP contribution is 2.29. The van der Waals surface area contributed by atoms with Crippen molar-refractivity contribution >= 4 is 33.2 Å². The second-order valence-electron chi connectivity index (χ2n) is 4.83. The summed E-state index contributed by atoms with van der Waals surface area (Å²) in [6.45, 7) is 1.96. The number of ether oxygens (including phenoxy) is 1. The van der Waals surface area contributed by atoms with Crippen LogP contribution in [0.3, 0.4) is 0 Å². The number of amides is 1. The first-order valence-electron chi connectivity index (χ1n) is 6.99. The van der Waals surface area contributed by atoms with E-state index in [1.165, 1.54) is 31.3 Å². The molecule has 2 aromatic carbocycles. The molecule has 2 rings (SSSR count). The summed E-state index contributed by atoms with van der Waals surface area (Å²) in [5.41, 5.74) is -0.179. The topological polar surface area (TPSA) is 72.7 Å². The van der Waals surface area contributed by atoms with Crippen LogP contribution in [0.1, 0.15) is 17.3 Å². The van der Waals surface area contributed by atoms with E-state index < -0.39 is 16.6 Å². The quantitative estimate of drug-likeness (QED) is 0.561. The average molecular weight is 397 g/mol.